The second-order valence-corrected chi connectivity index (χ2v) is 8.37. The number of carbonyl (C=O) groups excluding carboxylic acids is 1. The Bertz CT molecular complexity index is 1040. The van der Waals surface area contributed by atoms with Gasteiger partial charge in [-0.3, -0.25) is 14.8 Å². The Morgan fingerprint density at radius 3 is 2.96 bits per heavy atom. The number of halogens is 1. The van der Waals surface area contributed by atoms with Crippen LogP contribution in [0.5, 0.6) is 0 Å². The van der Waals surface area contributed by atoms with Crippen LogP contribution in [0.3, 0.4) is 0 Å². The van der Waals surface area contributed by atoms with E-state index in [1.165, 1.54) is 5.56 Å². The number of hydrogen-bond acceptors (Lipinski definition) is 4. The largest absolute Gasteiger partial charge is 0.389 e. The molecular weight excluding hydrogens is 376 g/mol. The third kappa shape index (κ3) is 3.90. The zero-order valence-corrected chi connectivity index (χ0v) is 16.7. The Labute approximate surface area is 168 Å². The van der Waals surface area contributed by atoms with Crippen molar-refractivity contribution < 1.29 is 9.90 Å². The van der Waals surface area contributed by atoms with Gasteiger partial charge in [-0.05, 0) is 55.7 Å². The minimum Gasteiger partial charge on any atom is -0.389 e. The molecule has 1 aliphatic heterocycles. The van der Waals surface area contributed by atoms with Crippen LogP contribution in [0.25, 0.3) is 10.9 Å². The summed E-state index contributed by atoms with van der Waals surface area (Å²) < 4.78 is 0. The molecule has 3 aromatic rings. The van der Waals surface area contributed by atoms with Gasteiger partial charge in [-0.2, -0.15) is 5.10 Å². The molecule has 7 heteroatoms. The van der Waals surface area contributed by atoms with Gasteiger partial charge in [-0.25, -0.2) is 0 Å². The van der Waals surface area contributed by atoms with Gasteiger partial charge in [0.15, 0.2) is 5.69 Å². The lowest BCUT2D eigenvalue weighted by Crippen LogP contribution is -2.41. The van der Waals surface area contributed by atoms with Crippen LogP contribution in [-0.2, 0) is 13.0 Å². The molecule has 0 bridgehead atoms. The number of aromatic nitrogens is 2. The van der Waals surface area contributed by atoms with Gasteiger partial charge in [0, 0.05) is 35.7 Å². The van der Waals surface area contributed by atoms with E-state index < -0.39 is 5.60 Å². The monoisotopic (exact) mass is 398 g/mol. The molecule has 0 saturated heterocycles. The fraction of sp³-hybridized carbons (Fsp3) is 0.333. The van der Waals surface area contributed by atoms with E-state index in [2.05, 4.69) is 26.5 Å². The van der Waals surface area contributed by atoms with E-state index in [1.807, 2.05) is 32.0 Å². The normalized spacial score (nSPS) is 14.9. The molecule has 28 heavy (non-hydrogen) atoms. The SMILES string of the molecule is CC(C)(O)CN1CCc2c(cccc2NC(=O)c2n[nH]c3ccc(Cl)cc23)C1. The second kappa shape index (κ2) is 7.20. The first kappa shape index (κ1) is 18.9. The molecule has 6 nitrogen and oxygen atoms in total. The maximum Gasteiger partial charge on any atom is 0.276 e. The van der Waals surface area contributed by atoms with Gasteiger partial charge in [-0.1, -0.05) is 23.7 Å². The van der Waals surface area contributed by atoms with Crippen LogP contribution in [-0.4, -0.2) is 44.8 Å². The number of aliphatic hydroxyl groups is 1. The molecule has 3 N–H and O–H groups in total. The minimum absolute atomic E-state index is 0.263. The van der Waals surface area contributed by atoms with E-state index in [0.29, 0.717) is 22.6 Å². The molecule has 0 atom stereocenters. The molecule has 2 aromatic carbocycles. The summed E-state index contributed by atoms with van der Waals surface area (Å²) in [5.74, 6) is -0.263. The summed E-state index contributed by atoms with van der Waals surface area (Å²) in [5, 5.41) is 21.4. The van der Waals surface area contributed by atoms with Gasteiger partial charge >= 0.3 is 0 Å². The quantitative estimate of drug-likeness (QED) is 0.627. The summed E-state index contributed by atoms with van der Waals surface area (Å²) in [7, 11) is 0. The van der Waals surface area contributed by atoms with Crippen molar-refractivity contribution in [3.05, 3.63) is 58.2 Å². The summed E-state index contributed by atoms with van der Waals surface area (Å²) in [6, 6.07) is 11.3. The molecule has 146 valence electrons. The van der Waals surface area contributed by atoms with Gasteiger partial charge in [-0.15, -0.1) is 0 Å². The zero-order chi connectivity index (χ0) is 19.9. The fourth-order valence-electron chi connectivity index (χ4n) is 3.81. The number of H-pyrrole nitrogens is 1. The van der Waals surface area contributed by atoms with Gasteiger partial charge < -0.3 is 10.4 Å². The van der Waals surface area contributed by atoms with Gasteiger partial charge in [0.25, 0.3) is 5.91 Å². The Hall–Kier alpha value is -2.41. The second-order valence-electron chi connectivity index (χ2n) is 7.93. The van der Waals surface area contributed by atoms with Crippen molar-refractivity contribution in [3.8, 4) is 0 Å². The average Bonchev–Trinajstić information content (AvgIpc) is 3.03. The molecule has 1 aliphatic rings. The molecule has 0 fully saturated rings. The van der Waals surface area contributed by atoms with Crippen LogP contribution in [0.4, 0.5) is 5.69 Å². The van der Waals surface area contributed by atoms with E-state index in [4.69, 9.17) is 11.6 Å². The highest BCUT2D eigenvalue weighted by atomic mass is 35.5. The summed E-state index contributed by atoms with van der Waals surface area (Å²) >= 11 is 6.07. The lowest BCUT2D eigenvalue weighted by atomic mass is 9.96. The first-order chi connectivity index (χ1) is 13.3. The lowest BCUT2D eigenvalue weighted by Gasteiger charge is -2.33. The van der Waals surface area contributed by atoms with Crippen LogP contribution in [0.15, 0.2) is 36.4 Å². The molecule has 0 spiro atoms. The molecule has 0 aliphatic carbocycles. The van der Waals surface area contributed by atoms with Crippen molar-refractivity contribution >= 4 is 34.1 Å². The number of anilines is 1. The van der Waals surface area contributed by atoms with Gasteiger partial charge in [0.2, 0.25) is 0 Å². The van der Waals surface area contributed by atoms with Crippen LogP contribution in [0.1, 0.15) is 35.5 Å². The van der Waals surface area contributed by atoms with Crippen LogP contribution < -0.4 is 5.32 Å². The van der Waals surface area contributed by atoms with E-state index >= 15 is 0 Å². The first-order valence-electron chi connectivity index (χ1n) is 9.31. The summed E-state index contributed by atoms with van der Waals surface area (Å²) in [6.45, 7) is 5.84. The van der Waals surface area contributed by atoms with Gasteiger partial charge in [0.1, 0.15) is 0 Å². The Morgan fingerprint density at radius 1 is 1.36 bits per heavy atom. The number of β-amino-alcohol motifs (C(OH)–C–C–N with tert-alkyl or cyclic N) is 1. The summed E-state index contributed by atoms with van der Waals surface area (Å²) in [4.78, 5) is 15.1. The van der Waals surface area contributed by atoms with Gasteiger partial charge in [0.05, 0.1) is 11.1 Å². The maximum absolute atomic E-state index is 12.9. The number of aromatic amines is 1. The highest BCUT2D eigenvalue weighted by Crippen LogP contribution is 2.28. The van der Waals surface area contributed by atoms with Crippen molar-refractivity contribution in [2.24, 2.45) is 0 Å². The van der Waals surface area contributed by atoms with Crippen molar-refractivity contribution in [2.45, 2.75) is 32.4 Å². The predicted octanol–water partition coefficient (Wildman–Crippen LogP) is 3.60. The average molecular weight is 399 g/mol. The number of nitrogens with zero attached hydrogens (tertiary/aromatic N) is 2. The molecule has 0 saturated carbocycles. The Kier molecular flexibility index (Phi) is 4.87. The van der Waals surface area contributed by atoms with Crippen molar-refractivity contribution in [1.29, 1.82) is 0 Å². The number of benzene rings is 2. The molecule has 1 amide bonds. The first-order valence-corrected chi connectivity index (χ1v) is 9.68. The maximum atomic E-state index is 12.9. The summed E-state index contributed by atoms with van der Waals surface area (Å²) in [5.41, 5.74) is 3.49. The van der Waals surface area contributed by atoms with Crippen LogP contribution >= 0.6 is 11.6 Å². The zero-order valence-electron chi connectivity index (χ0n) is 15.9. The number of nitrogens with one attached hydrogen (secondary N) is 2. The number of hydrogen-bond donors (Lipinski definition) is 3. The third-order valence-electron chi connectivity index (χ3n) is 4.94. The molecule has 0 radical (unpaired) electrons. The molecular formula is C21H23ClN4O2. The standard InChI is InChI=1S/C21H23ClN4O2/c1-21(2,28)12-26-9-8-15-13(11-26)4-3-5-17(15)23-20(27)19-16-10-14(22)6-7-18(16)24-25-19/h3-7,10,28H,8-9,11-12H2,1-2H3,(H,23,27)(H,24,25). The van der Waals surface area contributed by atoms with E-state index in [0.717, 1.165) is 36.3 Å². The number of fused-ring (bicyclic) bond motifs is 2. The molecule has 2 heterocycles. The Balaban J connectivity index is 1.57. The van der Waals surface area contributed by atoms with Crippen LogP contribution in [0, 0.1) is 0 Å². The summed E-state index contributed by atoms with van der Waals surface area (Å²) in [6.07, 6.45) is 0.814. The van der Waals surface area contributed by atoms with E-state index in [1.54, 1.807) is 12.1 Å². The fourth-order valence-corrected chi connectivity index (χ4v) is 3.98. The van der Waals surface area contributed by atoms with Crippen molar-refractivity contribution in [3.63, 3.8) is 0 Å². The highest BCUT2D eigenvalue weighted by molar-refractivity contribution is 6.31. The minimum atomic E-state index is -0.731. The van der Waals surface area contributed by atoms with E-state index in [-0.39, 0.29) is 5.91 Å². The predicted molar refractivity (Wildman–Crippen MR) is 111 cm³/mol. The van der Waals surface area contributed by atoms with E-state index in [9.17, 15) is 9.90 Å². The third-order valence-corrected chi connectivity index (χ3v) is 5.18. The van der Waals surface area contributed by atoms with Crippen LogP contribution in [0.2, 0.25) is 5.02 Å². The highest BCUT2D eigenvalue weighted by Gasteiger charge is 2.24. The van der Waals surface area contributed by atoms with Crippen molar-refractivity contribution in [2.75, 3.05) is 18.4 Å². The number of carbonyl (C=O) groups is 1. The van der Waals surface area contributed by atoms with Crippen molar-refractivity contribution in [1.82, 2.24) is 15.1 Å². The Morgan fingerprint density at radius 2 is 2.18 bits per heavy atom. The number of amides is 1. The lowest BCUT2D eigenvalue weighted by molar-refractivity contribution is 0.0318. The smallest absolute Gasteiger partial charge is 0.276 e. The molecule has 4 rings (SSSR count). The molecule has 0 unspecified atom stereocenters. The topological polar surface area (TPSA) is 81.2 Å². The molecule has 1 aromatic heterocycles. The number of rotatable bonds is 4.